The Morgan fingerprint density at radius 1 is 0.932 bits per heavy atom. The lowest BCUT2D eigenvalue weighted by Crippen LogP contribution is -2.50. The number of aliphatic hydroxyl groups is 1. The normalized spacial score (nSPS) is 13.2. The molecule has 0 aliphatic carbocycles. The molecule has 2 amide bonds. The minimum Gasteiger partial charge on any atom is -0.489 e. The second kappa shape index (κ2) is 19.4. The molecule has 0 aliphatic heterocycles. The molecule has 0 fully saturated rings. The number of carbonyl (C=O) groups is 3. The molecule has 3 N–H and O–H groups in total. The summed E-state index contributed by atoms with van der Waals surface area (Å²) in [6.45, 7) is 13.6. The second-order valence-electron chi connectivity index (χ2n) is 12.1. The number of allylic oxidation sites excluding steroid dienone is 2. The molecule has 0 aromatic heterocycles. The van der Waals surface area contributed by atoms with Crippen LogP contribution < -0.4 is 15.4 Å². The van der Waals surface area contributed by atoms with E-state index < -0.39 is 18.0 Å². The Balaban J connectivity index is 1.90. The molecule has 240 valence electrons. The Morgan fingerprint density at radius 3 is 2.25 bits per heavy atom. The van der Waals surface area contributed by atoms with Crippen LogP contribution in [0, 0.1) is 11.3 Å². The van der Waals surface area contributed by atoms with E-state index in [4.69, 9.17) is 9.47 Å². The first-order chi connectivity index (χ1) is 21.0. The molecule has 2 aromatic rings. The quantitative estimate of drug-likeness (QED) is 0.101. The zero-order valence-electron chi connectivity index (χ0n) is 26.6. The average molecular weight is 607 g/mol. The fourth-order valence-corrected chi connectivity index (χ4v) is 4.51. The molecule has 8 heteroatoms. The lowest BCUT2D eigenvalue weighted by atomic mass is 9.86. The molecule has 2 aromatic carbocycles. The topological polar surface area (TPSA) is 114 Å². The van der Waals surface area contributed by atoms with Crippen molar-refractivity contribution in [2.75, 3.05) is 13.2 Å². The van der Waals surface area contributed by atoms with Crippen molar-refractivity contribution in [3.8, 4) is 5.75 Å². The van der Waals surface area contributed by atoms with E-state index in [1.165, 1.54) is 0 Å². The van der Waals surface area contributed by atoms with Crippen molar-refractivity contribution in [3.63, 3.8) is 0 Å². The lowest BCUT2D eigenvalue weighted by molar-refractivity contribution is -0.146. The minimum absolute atomic E-state index is 0.0468. The number of hydrogen-bond acceptors (Lipinski definition) is 6. The molecule has 0 heterocycles. The highest BCUT2D eigenvalue weighted by molar-refractivity contribution is 5.86. The number of esters is 1. The van der Waals surface area contributed by atoms with E-state index in [0.717, 1.165) is 36.1 Å². The molecule has 44 heavy (non-hydrogen) atoms. The van der Waals surface area contributed by atoms with Gasteiger partial charge in [-0.05, 0) is 60.8 Å². The van der Waals surface area contributed by atoms with Gasteiger partial charge in [0, 0.05) is 12.8 Å². The Morgan fingerprint density at radius 2 is 1.64 bits per heavy atom. The molecule has 0 spiro atoms. The smallest absolute Gasteiger partial charge is 0.305 e. The van der Waals surface area contributed by atoms with Gasteiger partial charge < -0.3 is 25.2 Å². The number of unbranched alkanes of at least 4 members (excludes halogenated alkanes) is 2. The predicted octanol–water partition coefficient (Wildman–Crippen LogP) is 5.69. The first-order valence-corrected chi connectivity index (χ1v) is 15.4. The van der Waals surface area contributed by atoms with Crippen LogP contribution in [0.5, 0.6) is 5.75 Å². The van der Waals surface area contributed by atoms with Crippen LogP contribution in [0.2, 0.25) is 0 Å². The maximum absolute atomic E-state index is 13.3. The van der Waals surface area contributed by atoms with Crippen LogP contribution in [0.25, 0.3) is 0 Å². The monoisotopic (exact) mass is 606 g/mol. The second-order valence-corrected chi connectivity index (χ2v) is 12.1. The summed E-state index contributed by atoms with van der Waals surface area (Å²) in [7, 11) is 0. The number of hydrogen-bond donors (Lipinski definition) is 3. The van der Waals surface area contributed by atoms with E-state index in [1.807, 2.05) is 81.4 Å². The van der Waals surface area contributed by atoms with Crippen molar-refractivity contribution in [1.82, 2.24) is 10.6 Å². The van der Waals surface area contributed by atoms with E-state index in [2.05, 4.69) is 23.8 Å². The minimum atomic E-state index is -0.660. The first kappa shape index (κ1) is 36.3. The largest absolute Gasteiger partial charge is 0.489 e. The molecule has 8 nitrogen and oxygen atoms in total. The predicted molar refractivity (Wildman–Crippen MR) is 174 cm³/mol. The molecule has 2 rings (SSSR count). The zero-order valence-corrected chi connectivity index (χ0v) is 26.6. The number of amides is 2. The fraction of sp³-hybridized carbons (Fsp3) is 0.472. The van der Waals surface area contributed by atoms with Gasteiger partial charge in [-0.3, -0.25) is 14.4 Å². The van der Waals surface area contributed by atoms with Gasteiger partial charge in [-0.25, -0.2) is 0 Å². The standard InChI is InChI=1S/C36H50N2O6/c1-6-8-9-13-17-34(41)44-26-32(36(3,4)5)38-35(42)29(14-7-2)23-33(40)37-30(24-39)22-27-18-20-31(21-19-27)43-25-28-15-11-10-12-16-28/h6-7,10-12,15-16,18-21,29-30,32,39H,1-2,8-9,13-14,17,22-26H2,3-5H3,(H,37,40)(H,38,42). The van der Waals surface area contributed by atoms with Crippen molar-refractivity contribution in [1.29, 1.82) is 0 Å². The van der Waals surface area contributed by atoms with Gasteiger partial charge in [-0.15, -0.1) is 13.2 Å². The molecular weight excluding hydrogens is 556 g/mol. The van der Waals surface area contributed by atoms with Gasteiger partial charge in [0.05, 0.1) is 24.6 Å². The highest BCUT2D eigenvalue weighted by Crippen LogP contribution is 2.22. The third-order valence-corrected chi connectivity index (χ3v) is 7.31. The average Bonchev–Trinajstić information content (AvgIpc) is 3.00. The summed E-state index contributed by atoms with van der Waals surface area (Å²) in [5.41, 5.74) is 1.62. The van der Waals surface area contributed by atoms with Crippen LogP contribution in [0.1, 0.15) is 70.4 Å². The van der Waals surface area contributed by atoms with Crippen LogP contribution >= 0.6 is 0 Å². The van der Waals surface area contributed by atoms with Crippen LogP contribution in [-0.4, -0.2) is 48.2 Å². The summed E-state index contributed by atoms with van der Waals surface area (Å²) >= 11 is 0. The van der Waals surface area contributed by atoms with Gasteiger partial charge in [0.15, 0.2) is 0 Å². The Hall–Kier alpha value is -3.91. The van der Waals surface area contributed by atoms with Crippen molar-refractivity contribution in [3.05, 3.63) is 91.0 Å². The third kappa shape index (κ3) is 14.0. The fourth-order valence-electron chi connectivity index (χ4n) is 4.51. The number of benzene rings is 2. The third-order valence-electron chi connectivity index (χ3n) is 7.31. The van der Waals surface area contributed by atoms with Gasteiger partial charge in [0.2, 0.25) is 11.8 Å². The van der Waals surface area contributed by atoms with Crippen molar-refractivity contribution in [2.24, 2.45) is 11.3 Å². The van der Waals surface area contributed by atoms with Gasteiger partial charge in [0.25, 0.3) is 0 Å². The highest BCUT2D eigenvalue weighted by Gasteiger charge is 2.31. The molecule has 0 saturated carbocycles. The van der Waals surface area contributed by atoms with Gasteiger partial charge in [0.1, 0.15) is 19.0 Å². The van der Waals surface area contributed by atoms with E-state index in [0.29, 0.717) is 25.9 Å². The molecular formula is C36H50N2O6. The SMILES string of the molecule is C=CCCCCC(=O)OCC(NC(=O)C(CC=C)CC(=O)NC(CO)Cc1ccc(OCc2ccccc2)cc1)C(C)(C)C. The number of carbonyl (C=O) groups excluding carboxylic acids is 3. The van der Waals surface area contributed by atoms with Crippen LogP contribution in [-0.2, 0) is 32.1 Å². The highest BCUT2D eigenvalue weighted by atomic mass is 16.5. The summed E-state index contributed by atoms with van der Waals surface area (Å²) in [5, 5.41) is 15.8. The summed E-state index contributed by atoms with van der Waals surface area (Å²) in [6, 6.07) is 16.5. The van der Waals surface area contributed by atoms with Crippen molar-refractivity contribution in [2.45, 2.75) is 84.4 Å². The molecule has 0 bridgehead atoms. The summed E-state index contributed by atoms with van der Waals surface area (Å²) in [6.07, 6.45) is 6.84. The first-order valence-electron chi connectivity index (χ1n) is 15.4. The zero-order chi connectivity index (χ0) is 32.4. The Bertz CT molecular complexity index is 1170. The van der Waals surface area contributed by atoms with Gasteiger partial charge in [-0.2, -0.15) is 0 Å². The maximum atomic E-state index is 13.3. The molecule has 0 saturated heterocycles. The summed E-state index contributed by atoms with van der Waals surface area (Å²) in [4.78, 5) is 38.5. The van der Waals surface area contributed by atoms with E-state index >= 15 is 0 Å². The van der Waals surface area contributed by atoms with Gasteiger partial charge >= 0.3 is 5.97 Å². The van der Waals surface area contributed by atoms with Gasteiger partial charge in [-0.1, -0.05) is 75.4 Å². The summed E-state index contributed by atoms with van der Waals surface area (Å²) < 4.78 is 11.3. The van der Waals surface area contributed by atoms with Crippen LogP contribution in [0.3, 0.4) is 0 Å². The number of aliphatic hydroxyl groups excluding tert-OH is 1. The van der Waals surface area contributed by atoms with E-state index in [9.17, 15) is 19.5 Å². The number of rotatable bonds is 20. The van der Waals surface area contributed by atoms with E-state index in [1.54, 1.807) is 6.08 Å². The number of ether oxygens (including phenoxy) is 2. The molecule has 3 atom stereocenters. The molecule has 0 aliphatic rings. The number of nitrogens with one attached hydrogen (secondary N) is 2. The van der Waals surface area contributed by atoms with Crippen LogP contribution in [0.15, 0.2) is 79.9 Å². The lowest BCUT2D eigenvalue weighted by Gasteiger charge is -2.32. The molecule has 3 unspecified atom stereocenters. The summed E-state index contributed by atoms with van der Waals surface area (Å²) in [5.74, 6) is -0.885. The van der Waals surface area contributed by atoms with Crippen molar-refractivity contribution < 1.29 is 29.0 Å². The van der Waals surface area contributed by atoms with Crippen LogP contribution in [0.4, 0.5) is 0 Å². The van der Waals surface area contributed by atoms with E-state index in [-0.39, 0.29) is 42.8 Å². The molecule has 0 radical (unpaired) electrons. The Kier molecular flexibility index (Phi) is 16.0. The Labute approximate surface area is 262 Å². The maximum Gasteiger partial charge on any atom is 0.305 e. The van der Waals surface area contributed by atoms with Crippen molar-refractivity contribution >= 4 is 17.8 Å².